The zero-order valence-corrected chi connectivity index (χ0v) is 21.1. The zero-order valence-electron chi connectivity index (χ0n) is 20.3. The second-order valence-electron chi connectivity index (χ2n) is 8.72. The van der Waals surface area contributed by atoms with Crippen molar-refractivity contribution in [3.63, 3.8) is 0 Å². The first-order valence-electron chi connectivity index (χ1n) is 11.4. The summed E-state index contributed by atoms with van der Waals surface area (Å²) < 4.78 is 36.8. The molecule has 0 bridgehead atoms. The van der Waals surface area contributed by atoms with Crippen LogP contribution < -0.4 is 10.0 Å². The van der Waals surface area contributed by atoms with Gasteiger partial charge in [-0.3, -0.25) is 4.31 Å². The molecule has 8 nitrogen and oxygen atoms in total. The van der Waals surface area contributed by atoms with E-state index in [4.69, 9.17) is 14.9 Å². The Balaban J connectivity index is 0.000000396. The number of benzene rings is 2. The van der Waals surface area contributed by atoms with Crippen molar-refractivity contribution in [2.75, 3.05) is 17.6 Å². The smallest absolute Gasteiger partial charge is 0.247 e. The SMILES string of the molecule is CC(N)c1nnc(-c2cc(COC3CCCC3)cc(N(C)S(C)(=O)=O)c2)o1.Cc1ccccc1. The van der Waals surface area contributed by atoms with Gasteiger partial charge in [0, 0.05) is 12.6 Å². The highest BCUT2D eigenvalue weighted by Crippen LogP contribution is 2.29. The molecule has 9 heteroatoms. The van der Waals surface area contributed by atoms with Crippen molar-refractivity contribution in [3.8, 4) is 11.5 Å². The monoisotopic (exact) mass is 486 g/mol. The first kappa shape index (κ1) is 25.9. The topological polar surface area (TPSA) is 112 Å². The van der Waals surface area contributed by atoms with Gasteiger partial charge in [0.2, 0.25) is 21.8 Å². The van der Waals surface area contributed by atoms with Crippen molar-refractivity contribution in [1.29, 1.82) is 0 Å². The maximum atomic E-state index is 12.0. The van der Waals surface area contributed by atoms with Crippen LogP contribution in [-0.4, -0.2) is 38.0 Å². The predicted octanol–water partition coefficient (Wildman–Crippen LogP) is 4.61. The number of hydrogen-bond donors (Lipinski definition) is 1. The van der Waals surface area contributed by atoms with Gasteiger partial charge in [0.15, 0.2) is 0 Å². The third-order valence-corrected chi connectivity index (χ3v) is 6.85. The van der Waals surface area contributed by atoms with E-state index in [9.17, 15) is 8.42 Å². The largest absolute Gasteiger partial charge is 0.419 e. The average molecular weight is 487 g/mol. The minimum absolute atomic E-state index is 0.262. The quantitative estimate of drug-likeness (QED) is 0.519. The summed E-state index contributed by atoms with van der Waals surface area (Å²) in [4.78, 5) is 0. The van der Waals surface area contributed by atoms with E-state index in [1.807, 2.05) is 30.3 Å². The second-order valence-corrected chi connectivity index (χ2v) is 10.7. The highest BCUT2D eigenvalue weighted by Gasteiger charge is 2.19. The molecule has 2 aromatic carbocycles. The molecule has 1 unspecified atom stereocenters. The number of sulfonamides is 1. The fraction of sp³-hybridized carbons (Fsp3) is 0.440. The maximum absolute atomic E-state index is 12.0. The Labute approximate surface area is 202 Å². The average Bonchev–Trinajstić information content (AvgIpc) is 3.50. The lowest BCUT2D eigenvalue weighted by Crippen LogP contribution is -2.25. The van der Waals surface area contributed by atoms with Gasteiger partial charge in [-0.25, -0.2) is 8.42 Å². The number of aryl methyl sites for hydroxylation is 1. The number of rotatable bonds is 7. The van der Waals surface area contributed by atoms with Crippen LogP contribution in [0.4, 0.5) is 5.69 Å². The fourth-order valence-corrected chi connectivity index (χ4v) is 4.08. The van der Waals surface area contributed by atoms with Crippen molar-refractivity contribution in [2.45, 2.75) is 58.3 Å². The van der Waals surface area contributed by atoms with Crippen LogP contribution in [0.3, 0.4) is 0 Å². The summed E-state index contributed by atoms with van der Waals surface area (Å²) in [6.45, 7) is 4.24. The van der Waals surface area contributed by atoms with Crippen LogP contribution >= 0.6 is 0 Å². The number of nitrogens with two attached hydrogens (primary N) is 1. The van der Waals surface area contributed by atoms with E-state index < -0.39 is 10.0 Å². The summed E-state index contributed by atoms with van der Waals surface area (Å²) in [5.41, 5.74) is 9.10. The van der Waals surface area contributed by atoms with E-state index in [1.165, 1.54) is 29.8 Å². The predicted molar refractivity (Wildman–Crippen MR) is 134 cm³/mol. The fourth-order valence-electron chi connectivity index (χ4n) is 3.59. The molecule has 1 heterocycles. The molecule has 1 aliphatic carbocycles. The molecule has 3 aromatic rings. The lowest BCUT2D eigenvalue weighted by molar-refractivity contribution is 0.0457. The Morgan fingerprint density at radius 1 is 1.15 bits per heavy atom. The third-order valence-electron chi connectivity index (χ3n) is 5.64. The van der Waals surface area contributed by atoms with Gasteiger partial charge >= 0.3 is 0 Å². The van der Waals surface area contributed by atoms with Gasteiger partial charge < -0.3 is 14.9 Å². The first-order chi connectivity index (χ1) is 16.1. The van der Waals surface area contributed by atoms with E-state index in [0.29, 0.717) is 29.6 Å². The molecule has 1 atom stereocenters. The van der Waals surface area contributed by atoms with Crippen LogP contribution in [0.25, 0.3) is 11.5 Å². The first-order valence-corrected chi connectivity index (χ1v) is 13.3. The Bertz CT molecular complexity index is 1160. The lowest BCUT2D eigenvalue weighted by atomic mass is 10.1. The molecule has 4 rings (SSSR count). The summed E-state index contributed by atoms with van der Waals surface area (Å²) in [6.07, 6.45) is 5.94. The molecular weight excluding hydrogens is 452 g/mol. The van der Waals surface area contributed by atoms with Crippen LogP contribution in [0, 0.1) is 6.92 Å². The highest BCUT2D eigenvalue weighted by atomic mass is 32.2. The van der Waals surface area contributed by atoms with Gasteiger partial charge in [-0.15, -0.1) is 10.2 Å². The Morgan fingerprint density at radius 3 is 2.35 bits per heavy atom. The van der Waals surface area contributed by atoms with Crippen LogP contribution in [0.15, 0.2) is 52.9 Å². The van der Waals surface area contributed by atoms with Crippen molar-refractivity contribution < 1.29 is 17.6 Å². The summed E-state index contributed by atoms with van der Waals surface area (Å²) in [6, 6.07) is 15.3. The van der Waals surface area contributed by atoms with E-state index in [1.54, 1.807) is 13.0 Å². The number of hydrogen-bond acceptors (Lipinski definition) is 7. The molecular formula is C25H34N4O4S. The molecule has 184 valence electrons. The molecule has 1 saturated carbocycles. The maximum Gasteiger partial charge on any atom is 0.247 e. The Morgan fingerprint density at radius 2 is 1.82 bits per heavy atom. The molecule has 1 aromatic heterocycles. The van der Waals surface area contributed by atoms with E-state index in [2.05, 4.69) is 29.3 Å². The van der Waals surface area contributed by atoms with E-state index in [-0.39, 0.29) is 12.1 Å². The minimum atomic E-state index is -3.40. The van der Waals surface area contributed by atoms with Gasteiger partial charge in [-0.1, -0.05) is 48.7 Å². The van der Waals surface area contributed by atoms with Crippen molar-refractivity contribution in [3.05, 3.63) is 65.5 Å². The minimum Gasteiger partial charge on any atom is -0.419 e. The van der Waals surface area contributed by atoms with Crippen LogP contribution in [0.2, 0.25) is 0 Å². The van der Waals surface area contributed by atoms with Gasteiger partial charge in [0.05, 0.1) is 30.7 Å². The third kappa shape index (κ3) is 7.38. The molecule has 2 N–H and O–H groups in total. The summed E-state index contributed by atoms with van der Waals surface area (Å²) >= 11 is 0. The Hall–Kier alpha value is -2.75. The van der Waals surface area contributed by atoms with Gasteiger partial charge in [0.25, 0.3) is 0 Å². The Kier molecular flexibility index (Phi) is 8.82. The van der Waals surface area contributed by atoms with Crippen molar-refractivity contribution in [2.24, 2.45) is 5.73 Å². The van der Waals surface area contributed by atoms with Crippen LogP contribution in [0.1, 0.15) is 55.7 Å². The number of anilines is 1. The second kappa shape index (κ2) is 11.6. The van der Waals surface area contributed by atoms with Crippen LogP contribution in [-0.2, 0) is 21.4 Å². The van der Waals surface area contributed by atoms with Gasteiger partial charge in [-0.2, -0.15) is 0 Å². The molecule has 34 heavy (non-hydrogen) atoms. The van der Waals surface area contributed by atoms with Crippen molar-refractivity contribution >= 4 is 15.7 Å². The number of ether oxygens (including phenoxy) is 1. The number of aromatic nitrogens is 2. The van der Waals surface area contributed by atoms with E-state index in [0.717, 1.165) is 24.7 Å². The van der Waals surface area contributed by atoms with E-state index >= 15 is 0 Å². The summed E-state index contributed by atoms with van der Waals surface area (Å²) in [5, 5.41) is 7.99. The lowest BCUT2D eigenvalue weighted by Gasteiger charge is -2.19. The molecule has 0 aliphatic heterocycles. The summed E-state index contributed by atoms with van der Waals surface area (Å²) in [7, 11) is -1.89. The molecule has 0 amide bonds. The summed E-state index contributed by atoms with van der Waals surface area (Å²) in [5.74, 6) is 0.629. The van der Waals surface area contributed by atoms with Gasteiger partial charge in [-0.05, 0) is 50.5 Å². The molecule has 1 aliphatic rings. The molecule has 1 fully saturated rings. The zero-order chi connectivity index (χ0) is 24.7. The van der Waals surface area contributed by atoms with Crippen molar-refractivity contribution in [1.82, 2.24) is 10.2 Å². The van der Waals surface area contributed by atoms with Crippen LogP contribution in [0.5, 0.6) is 0 Å². The highest BCUT2D eigenvalue weighted by molar-refractivity contribution is 7.92. The standard InChI is InChI=1S/C18H26N4O4S.C7H8/c1-12(19)17-20-21-18(26-17)14-8-13(11-25-16-6-4-5-7-16)9-15(10-14)22(2)27(3,23)24;1-7-5-3-2-4-6-7/h8-10,12,16H,4-7,11,19H2,1-3H3;2-6H,1H3. The normalized spacial score (nSPS) is 15.0. The van der Waals surface area contributed by atoms with Gasteiger partial charge in [0.1, 0.15) is 0 Å². The number of nitrogens with zero attached hydrogens (tertiary/aromatic N) is 3. The molecule has 0 spiro atoms. The molecule has 0 radical (unpaired) electrons. The molecule has 0 saturated heterocycles.